The molecule has 2 rings (SSSR count). The third kappa shape index (κ3) is 5.20. The van der Waals surface area contributed by atoms with E-state index in [4.69, 9.17) is 22.1 Å². The second-order valence-electron chi connectivity index (χ2n) is 4.97. The van der Waals surface area contributed by atoms with E-state index in [2.05, 4.69) is 8.83 Å². The minimum absolute atomic E-state index is 0.687. The number of hydrogen-bond acceptors (Lipinski definition) is 9. The standard InChI is InChI=1S/C9H13BN2O11P2/c10-24(17,23-25(18,19)20)21-3-4-6(14)7(15)8(22-4)12-2-1-5(13)11-9(12)16/h1-2,4,6-8,14-15H,3H2,(H,11,13,16)(H2,18,19,20)/t4-,6-,7-,8-,24-/m1/s1. The monoisotopic (exact) mass is 398 g/mol. The lowest BCUT2D eigenvalue weighted by Gasteiger charge is -2.19. The van der Waals surface area contributed by atoms with Crippen molar-refractivity contribution in [3.63, 3.8) is 0 Å². The highest BCUT2D eigenvalue weighted by molar-refractivity contribution is 7.83. The highest BCUT2D eigenvalue weighted by Gasteiger charge is 2.45. The zero-order chi connectivity index (χ0) is 19.0. The van der Waals surface area contributed by atoms with Crippen LogP contribution in [0.3, 0.4) is 0 Å². The van der Waals surface area contributed by atoms with Crippen LogP contribution in [0.1, 0.15) is 6.23 Å². The number of hydrogen-bond donors (Lipinski definition) is 5. The molecule has 16 heteroatoms. The second-order valence-corrected chi connectivity index (χ2v) is 7.94. The van der Waals surface area contributed by atoms with Crippen LogP contribution in [0.4, 0.5) is 0 Å². The van der Waals surface area contributed by atoms with Crippen molar-refractivity contribution in [2.24, 2.45) is 0 Å². The molecule has 1 aromatic heterocycles. The lowest BCUT2D eigenvalue weighted by molar-refractivity contribution is -0.0520. The third-order valence-electron chi connectivity index (χ3n) is 3.10. The van der Waals surface area contributed by atoms with Crippen LogP contribution in [0.5, 0.6) is 0 Å². The van der Waals surface area contributed by atoms with Crippen molar-refractivity contribution < 1.29 is 42.7 Å². The molecule has 2 heterocycles. The lowest BCUT2D eigenvalue weighted by atomic mass is 10.1. The van der Waals surface area contributed by atoms with Gasteiger partial charge in [0.1, 0.15) is 18.3 Å². The van der Waals surface area contributed by atoms with Crippen LogP contribution in [0.2, 0.25) is 0 Å². The Morgan fingerprint density at radius 1 is 1.28 bits per heavy atom. The van der Waals surface area contributed by atoms with Crippen molar-refractivity contribution in [3.8, 4) is 0 Å². The molecule has 1 aromatic rings. The largest absolute Gasteiger partial charge is 0.476 e. The molecule has 0 unspecified atom stereocenters. The molecule has 0 bridgehead atoms. The van der Waals surface area contributed by atoms with E-state index in [-0.39, 0.29) is 0 Å². The summed E-state index contributed by atoms with van der Waals surface area (Å²) in [5.74, 6) is 0. The Morgan fingerprint density at radius 3 is 2.48 bits per heavy atom. The van der Waals surface area contributed by atoms with Gasteiger partial charge in [-0.2, -0.15) is 0 Å². The van der Waals surface area contributed by atoms with Gasteiger partial charge in [0, 0.05) is 12.3 Å². The zero-order valence-corrected chi connectivity index (χ0v) is 14.0. The molecule has 25 heavy (non-hydrogen) atoms. The SMILES string of the molecule is [B][P@@](=O)(OC[C@H]1O[C@@H](n2ccc(=O)[nH]c2=O)[C@H](O)[C@@H]1O)OP(=O)(O)O. The van der Waals surface area contributed by atoms with E-state index >= 15 is 0 Å². The molecule has 13 nitrogen and oxygen atoms in total. The van der Waals surface area contributed by atoms with Crippen molar-refractivity contribution in [2.45, 2.75) is 24.5 Å². The summed E-state index contributed by atoms with van der Waals surface area (Å²) < 4.78 is 36.5. The van der Waals surface area contributed by atoms with E-state index in [1.807, 2.05) is 4.98 Å². The smallest absolute Gasteiger partial charge is 0.387 e. The van der Waals surface area contributed by atoms with Gasteiger partial charge in [0.2, 0.25) is 7.57 Å². The number of H-pyrrole nitrogens is 1. The Kier molecular flexibility index (Phi) is 5.89. The lowest BCUT2D eigenvalue weighted by Crippen LogP contribution is -2.37. The number of nitrogens with zero attached hydrogens (tertiary/aromatic N) is 1. The quantitative estimate of drug-likeness (QED) is 0.252. The Labute approximate surface area is 140 Å². The summed E-state index contributed by atoms with van der Waals surface area (Å²) in [7, 11) is -4.89. The number of aromatic amines is 1. The van der Waals surface area contributed by atoms with E-state index in [0.717, 1.165) is 16.8 Å². The average Bonchev–Trinajstić information content (AvgIpc) is 2.71. The van der Waals surface area contributed by atoms with Gasteiger partial charge in [-0.1, -0.05) is 0 Å². The predicted molar refractivity (Wildman–Crippen MR) is 79.7 cm³/mol. The first-order valence-corrected chi connectivity index (χ1v) is 9.67. The van der Waals surface area contributed by atoms with E-state index < -0.39 is 57.7 Å². The van der Waals surface area contributed by atoms with Crippen LogP contribution < -0.4 is 11.2 Å². The van der Waals surface area contributed by atoms with Gasteiger partial charge in [-0.25, -0.2) is 13.7 Å². The summed E-state index contributed by atoms with van der Waals surface area (Å²) in [5.41, 5.74) is -1.60. The van der Waals surface area contributed by atoms with Gasteiger partial charge in [-0.3, -0.25) is 18.9 Å². The van der Waals surface area contributed by atoms with E-state index in [1.54, 1.807) is 0 Å². The average molecular weight is 398 g/mol. The molecular weight excluding hydrogens is 385 g/mol. The first-order chi connectivity index (χ1) is 11.4. The number of ether oxygens (including phenoxy) is 1. The molecule has 5 N–H and O–H groups in total. The molecule has 0 spiro atoms. The molecule has 0 amide bonds. The van der Waals surface area contributed by atoms with Crippen LogP contribution in [-0.4, -0.2) is 62.0 Å². The molecule has 0 aliphatic carbocycles. The maximum absolute atomic E-state index is 11.7. The van der Waals surface area contributed by atoms with E-state index in [1.165, 1.54) is 0 Å². The van der Waals surface area contributed by atoms with Crippen molar-refractivity contribution >= 4 is 22.9 Å². The van der Waals surface area contributed by atoms with Crippen molar-refractivity contribution in [2.75, 3.05) is 6.61 Å². The molecule has 5 atom stereocenters. The molecule has 138 valence electrons. The maximum Gasteiger partial charge on any atom is 0.476 e. The number of aromatic nitrogens is 2. The van der Waals surface area contributed by atoms with Crippen molar-refractivity contribution in [3.05, 3.63) is 33.1 Å². The zero-order valence-electron chi connectivity index (χ0n) is 12.2. The van der Waals surface area contributed by atoms with Gasteiger partial charge in [0.05, 0.1) is 6.61 Å². The van der Waals surface area contributed by atoms with Crippen LogP contribution >= 0.6 is 15.3 Å². The number of phosphoric acid groups is 1. The minimum atomic E-state index is -5.19. The van der Waals surface area contributed by atoms with Crippen LogP contribution in [0.25, 0.3) is 0 Å². The van der Waals surface area contributed by atoms with Gasteiger partial charge in [0.15, 0.2) is 6.23 Å². The second kappa shape index (κ2) is 7.27. The first kappa shape index (κ1) is 20.2. The highest BCUT2D eigenvalue weighted by Crippen LogP contribution is 2.57. The number of nitrogens with one attached hydrogen (secondary N) is 1. The van der Waals surface area contributed by atoms with Crippen molar-refractivity contribution in [1.82, 2.24) is 9.55 Å². The Hall–Kier alpha value is -1.08. The molecule has 1 fully saturated rings. The first-order valence-electron chi connectivity index (χ1n) is 6.53. The summed E-state index contributed by atoms with van der Waals surface area (Å²) in [5, 5.41) is 19.8. The summed E-state index contributed by atoms with van der Waals surface area (Å²) in [6.07, 6.45) is -5.00. The summed E-state index contributed by atoms with van der Waals surface area (Å²) in [6, 6.07) is 0.982. The Balaban J connectivity index is 2.09. The van der Waals surface area contributed by atoms with E-state index in [9.17, 15) is 28.9 Å². The summed E-state index contributed by atoms with van der Waals surface area (Å²) in [4.78, 5) is 41.8. The van der Waals surface area contributed by atoms with Crippen molar-refractivity contribution in [1.29, 1.82) is 0 Å². The normalized spacial score (nSPS) is 29.4. The Bertz CT molecular complexity index is 833. The van der Waals surface area contributed by atoms with Gasteiger partial charge >= 0.3 is 13.5 Å². The summed E-state index contributed by atoms with van der Waals surface area (Å²) >= 11 is 0. The fraction of sp³-hybridized carbons (Fsp3) is 0.556. The molecular formula is C9H13BN2O11P2. The van der Waals surface area contributed by atoms with Gasteiger partial charge in [-0.05, 0) is 0 Å². The molecule has 1 saturated heterocycles. The molecule has 0 saturated carbocycles. The number of rotatable bonds is 6. The van der Waals surface area contributed by atoms with E-state index in [0.29, 0.717) is 0 Å². The van der Waals surface area contributed by atoms with Gasteiger partial charge in [-0.15, -0.1) is 0 Å². The molecule has 1 aliphatic rings. The number of aliphatic hydroxyl groups excluding tert-OH is 2. The topological polar surface area (TPSA) is 198 Å². The maximum atomic E-state index is 11.7. The molecule has 0 aromatic carbocycles. The van der Waals surface area contributed by atoms with Crippen LogP contribution in [-0.2, 0) is 22.7 Å². The Morgan fingerprint density at radius 2 is 1.92 bits per heavy atom. The number of aliphatic hydroxyl groups is 2. The third-order valence-corrected chi connectivity index (χ3v) is 5.37. The molecule has 2 radical (unpaired) electrons. The molecule has 1 aliphatic heterocycles. The van der Waals surface area contributed by atoms with Crippen LogP contribution in [0.15, 0.2) is 21.9 Å². The fourth-order valence-corrected chi connectivity index (χ4v) is 3.80. The van der Waals surface area contributed by atoms with Gasteiger partial charge < -0.3 is 29.3 Å². The highest BCUT2D eigenvalue weighted by atomic mass is 31.3. The minimum Gasteiger partial charge on any atom is -0.387 e. The fourth-order valence-electron chi connectivity index (χ4n) is 2.07. The van der Waals surface area contributed by atoms with Crippen LogP contribution in [0, 0.1) is 0 Å². The predicted octanol–water partition coefficient (Wildman–Crippen LogP) is -2.44. The van der Waals surface area contributed by atoms with Gasteiger partial charge in [0.25, 0.3) is 13.0 Å². The summed E-state index contributed by atoms with van der Waals surface area (Å²) in [6.45, 7) is -0.777.